The summed E-state index contributed by atoms with van der Waals surface area (Å²) in [6, 6.07) is 7.75. The summed E-state index contributed by atoms with van der Waals surface area (Å²) in [7, 11) is -3.82. The molecule has 6 nitrogen and oxygen atoms in total. The number of nitrogens with one attached hydrogen (secondary N) is 1. The van der Waals surface area contributed by atoms with E-state index in [9.17, 15) is 8.42 Å². The van der Waals surface area contributed by atoms with Gasteiger partial charge in [-0.05, 0) is 39.7 Å². The number of aliphatic hydroxyl groups is 1. The van der Waals surface area contributed by atoms with Gasteiger partial charge in [0.05, 0.1) is 6.61 Å². The van der Waals surface area contributed by atoms with Crippen LogP contribution >= 0.6 is 15.9 Å². The van der Waals surface area contributed by atoms with E-state index in [0.717, 1.165) is 0 Å². The number of anilines is 2. The lowest BCUT2D eigenvalue weighted by atomic mass is 10.2. The summed E-state index contributed by atoms with van der Waals surface area (Å²) < 4.78 is 27.4. The quantitative estimate of drug-likeness (QED) is 0.772. The van der Waals surface area contributed by atoms with Crippen molar-refractivity contribution < 1.29 is 13.5 Å². The Morgan fingerprint density at radius 1 is 1.30 bits per heavy atom. The van der Waals surface area contributed by atoms with E-state index in [1.807, 2.05) is 0 Å². The first-order valence-corrected chi connectivity index (χ1v) is 7.83. The molecule has 0 atom stereocenters. The molecule has 8 heteroatoms. The number of nitrogens with zero attached hydrogens (tertiary/aromatic N) is 1. The van der Waals surface area contributed by atoms with Crippen molar-refractivity contribution in [2.75, 3.05) is 10.5 Å². The van der Waals surface area contributed by atoms with Crippen LogP contribution in [0.25, 0.3) is 0 Å². The summed E-state index contributed by atoms with van der Waals surface area (Å²) in [6.07, 6.45) is 1.42. The third-order valence-corrected chi connectivity index (χ3v) is 4.37. The van der Waals surface area contributed by atoms with Gasteiger partial charge in [0, 0.05) is 16.4 Å². The minimum absolute atomic E-state index is 0.0762. The van der Waals surface area contributed by atoms with Gasteiger partial charge in [0.2, 0.25) is 0 Å². The second-order valence-electron chi connectivity index (χ2n) is 4.00. The second-order valence-corrected chi connectivity index (χ2v) is 6.56. The molecule has 0 fully saturated rings. The van der Waals surface area contributed by atoms with Crippen LogP contribution in [0.1, 0.15) is 5.56 Å². The van der Waals surface area contributed by atoms with E-state index in [0.29, 0.717) is 15.7 Å². The van der Waals surface area contributed by atoms with E-state index < -0.39 is 10.0 Å². The first-order valence-electron chi connectivity index (χ1n) is 5.56. The molecule has 0 aliphatic carbocycles. The number of nitrogens with two attached hydrogens (primary N) is 1. The Morgan fingerprint density at radius 3 is 2.55 bits per heavy atom. The molecule has 1 heterocycles. The van der Waals surface area contributed by atoms with E-state index >= 15 is 0 Å². The second kappa shape index (κ2) is 5.78. The maximum absolute atomic E-state index is 12.2. The molecule has 2 rings (SSSR count). The zero-order chi connectivity index (χ0) is 14.8. The molecule has 2 aromatic rings. The van der Waals surface area contributed by atoms with Crippen molar-refractivity contribution >= 4 is 37.5 Å². The average molecular weight is 358 g/mol. The number of hydrogen-bond acceptors (Lipinski definition) is 5. The predicted octanol–water partition coefficient (Wildman–Crippen LogP) is 1.72. The minimum atomic E-state index is -3.82. The van der Waals surface area contributed by atoms with Crippen LogP contribution in [0.3, 0.4) is 0 Å². The van der Waals surface area contributed by atoms with Gasteiger partial charge < -0.3 is 10.8 Å². The number of rotatable bonds is 4. The van der Waals surface area contributed by atoms with Gasteiger partial charge in [-0.3, -0.25) is 4.72 Å². The molecular formula is C12H12BrN3O3S. The zero-order valence-electron chi connectivity index (χ0n) is 10.2. The van der Waals surface area contributed by atoms with E-state index in [1.54, 1.807) is 24.3 Å². The highest BCUT2D eigenvalue weighted by atomic mass is 79.9. The normalized spacial score (nSPS) is 11.3. The van der Waals surface area contributed by atoms with Crippen LogP contribution in [0.15, 0.2) is 45.9 Å². The third-order valence-electron chi connectivity index (χ3n) is 2.53. The standard InChI is InChI=1S/C12H12BrN3O3S/c13-9-5-11(12(14)15-6-9)20(18,19)16-10-3-1-8(7-17)2-4-10/h1-6,16-17H,7H2,(H2,14,15). The Hall–Kier alpha value is -1.64. The summed E-state index contributed by atoms with van der Waals surface area (Å²) in [5.41, 5.74) is 6.66. The molecule has 0 bridgehead atoms. The Balaban J connectivity index is 2.32. The SMILES string of the molecule is Nc1ncc(Br)cc1S(=O)(=O)Nc1ccc(CO)cc1. The molecule has 1 aromatic carbocycles. The molecule has 0 radical (unpaired) electrons. The molecule has 106 valence electrons. The van der Waals surface area contributed by atoms with Crippen molar-refractivity contribution in [1.82, 2.24) is 4.98 Å². The zero-order valence-corrected chi connectivity index (χ0v) is 12.6. The number of aliphatic hydroxyl groups excluding tert-OH is 1. The molecule has 0 amide bonds. The fraction of sp³-hybridized carbons (Fsp3) is 0.0833. The first kappa shape index (κ1) is 14.8. The van der Waals surface area contributed by atoms with Crippen molar-refractivity contribution in [2.45, 2.75) is 11.5 Å². The van der Waals surface area contributed by atoms with Crippen LogP contribution in [-0.4, -0.2) is 18.5 Å². The Kier molecular flexibility index (Phi) is 4.26. The number of halogens is 1. The summed E-state index contributed by atoms with van der Waals surface area (Å²) in [5.74, 6) is -0.0762. The van der Waals surface area contributed by atoms with E-state index in [-0.39, 0.29) is 17.3 Å². The molecule has 0 spiro atoms. The van der Waals surface area contributed by atoms with Crippen molar-refractivity contribution in [1.29, 1.82) is 0 Å². The fourth-order valence-corrected chi connectivity index (χ4v) is 3.18. The molecular weight excluding hydrogens is 346 g/mol. The fourth-order valence-electron chi connectivity index (χ4n) is 1.53. The van der Waals surface area contributed by atoms with E-state index in [4.69, 9.17) is 10.8 Å². The molecule has 4 N–H and O–H groups in total. The van der Waals surface area contributed by atoms with Gasteiger partial charge in [0.1, 0.15) is 10.7 Å². The minimum Gasteiger partial charge on any atom is -0.392 e. The number of benzene rings is 1. The molecule has 0 aliphatic rings. The largest absolute Gasteiger partial charge is 0.392 e. The van der Waals surface area contributed by atoms with Crippen molar-refractivity contribution in [3.8, 4) is 0 Å². The van der Waals surface area contributed by atoms with Gasteiger partial charge in [0.15, 0.2) is 0 Å². The van der Waals surface area contributed by atoms with Crippen LogP contribution in [0, 0.1) is 0 Å². The molecule has 0 saturated carbocycles. The van der Waals surface area contributed by atoms with E-state index in [1.165, 1.54) is 12.3 Å². The summed E-state index contributed by atoms with van der Waals surface area (Å²) in [6.45, 7) is -0.102. The first-order chi connectivity index (χ1) is 9.42. The maximum Gasteiger partial charge on any atom is 0.265 e. The highest BCUT2D eigenvalue weighted by Crippen LogP contribution is 2.23. The Labute approximate surface area is 124 Å². The summed E-state index contributed by atoms with van der Waals surface area (Å²) >= 11 is 3.16. The highest BCUT2D eigenvalue weighted by molar-refractivity contribution is 9.10. The molecule has 1 aromatic heterocycles. The summed E-state index contributed by atoms with van der Waals surface area (Å²) in [5, 5.41) is 8.94. The van der Waals surface area contributed by atoms with Crippen LogP contribution < -0.4 is 10.5 Å². The summed E-state index contributed by atoms with van der Waals surface area (Å²) in [4.78, 5) is 3.69. The highest BCUT2D eigenvalue weighted by Gasteiger charge is 2.19. The van der Waals surface area contributed by atoms with Gasteiger partial charge in [-0.15, -0.1) is 0 Å². The smallest absolute Gasteiger partial charge is 0.265 e. The van der Waals surface area contributed by atoms with Crippen LogP contribution in [0.2, 0.25) is 0 Å². The number of aromatic nitrogens is 1. The predicted molar refractivity (Wildman–Crippen MR) is 79.5 cm³/mol. The molecule has 0 unspecified atom stereocenters. The van der Waals surface area contributed by atoms with Gasteiger partial charge in [-0.1, -0.05) is 12.1 Å². The topological polar surface area (TPSA) is 105 Å². The van der Waals surface area contributed by atoms with Gasteiger partial charge in [0.25, 0.3) is 10.0 Å². The lowest BCUT2D eigenvalue weighted by molar-refractivity contribution is 0.282. The third kappa shape index (κ3) is 3.27. The lowest BCUT2D eigenvalue weighted by Crippen LogP contribution is -2.15. The van der Waals surface area contributed by atoms with Gasteiger partial charge in [-0.2, -0.15) is 0 Å². The van der Waals surface area contributed by atoms with Gasteiger partial charge in [-0.25, -0.2) is 13.4 Å². The Morgan fingerprint density at radius 2 is 1.95 bits per heavy atom. The maximum atomic E-state index is 12.2. The number of sulfonamides is 1. The molecule has 0 saturated heterocycles. The van der Waals surface area contributed by atoms with Crippen LogP contribution in [-0.2, 0) is 16.6 Å². The number of pyridine rings is 1. The lowest BCUT2D eigenvalue weighted by Gasteiger charge is -2.10. The van der Waals surface area contributed by atoms with Crippen LogP contribution in [0.4, 0.5) is 11.5 Å². The number of hydrogen-bond donors (Lipinski definition) is 3. The van der Waals surface area contributed by atoms with Crippen LogP contribution in [0.5, 0.6) is 0 Å². The van der Waals surface area contributed by atoms with Gasteiger partial charge >= 0.3 is 0 Å². The average Bonchev–Trinajstić information content (AvgIpc) is 2.42. The molecule has 20 heavy (non-hydrogen) atoms. The monoisotopic (exact) mass is 357 g/mol. The van der Waals surface area contributed by atoms with Crippen molar-refractivity contribution in [3.63, 3.8) is 0 Å². The molecule has 0 aliphatic heterocycles. The van der Waals surface area contributed by atoms with E-state index in [2.05, 4.69) is 25.6 Å². The van der Waals surface area contributed by atoms with Crippen molar-refractivity contribution in [3.05, 3.63) is 46.6 Å². The van der Waals surface area contributed by atoms with Crippen molar-refractivity contribution in [2.24, 2.45) is 0 Å². The number of nitrogen functional groups attached to an aromatic ring is 1. The Bertz CT molecular complexity index is 717.